The third kappa shape index (κ3) is 4.90. The number of nitrogens with one attached hydrogen (secondary N) is 1. The summed E-state index contributed by atoms with van der Waals surface area (Å²) >= 11 is 5.82. The van der Waals surface area contributed by atoms with Crippen molar-refractivity contribution in [2.75, 3.05) is 5.32 Å². The predicted molar refractivity (Wildman–Crippen MR) is 83.3 cm³/mol. The summed E-state index contributed by atoms with van der Waals surface area (Å²) in [5.41, 5.74) is 1.48. The van der Waals surface area contributed by atoms with Crippen molar-refractivity contribution in [3.8, 4) is 0 Å². The van der Waals surface area contributed by atoms with Crippen LogP contribution in [0.5, 0.6) is 0 Å². The first-order valence-electron chi connectivity index (χ1n) is 6.85. The standard InChI is InChI=1S/C17H16ClNO3/c18-14-8-6-12(7-9-14)10-13(11-16(20)21)17(22)19-15-4-2-1-3-5-15/h1-9,13H,10-11H2,(H,19,22)(H,20,21)/p-1. The molecule has 0 saturated heterocycles. The van der Waals surface area contributed by atoms with Gasteiger partial charge in [0.2, 0.25) is 5.91 Å². The van der Waals surface area contributed by atoms with Gasteiger partial charge in [-0.25, -0.2) is 0 Å². The molecular formula is C17H15ClNO3-. The van der Waals surface area contributed by atoms with E-state index < -0.39 is 11.9 Å². The van der Waals surface area contributed by atoms with Gasteiger partial charge in [-0.15, -0.1) is 0 Å². The van der Waals surface area contributed by atoms with Gasteiger partial charge in [-0.3, -0.25) is 4.79 Å². The van der Waals surface area contributed by atoms with E-state index in [2.05, 4.69) is 5.32 Å². The Hall–Kier alpha value is -2.33. The minimum Gasteiger partial charge on any atom is -0.550 e. The topological polar surface area (TPSA) is 69.2 Å². The molecule has 4 nitrogen and oxygen atoms in total. The van der Waals surface area contributed by atoms with E-state index in [0.29, 0.717) is 17.1 Å². The zero-order valence-electron chi connectivity index (χ0n) is 11.8. The van der Waals surface area contributed by atoms with Crippen molar-refractivity contribution in [2.45, 2.75) is 12.8 Å². The number of para-hydroxylation sites is 1. The number of hydrogen-bond acceptors (Lipinski definition) is 3. The molecule has 0 aliphatic rings. The van der Waals surface area contributed by atoms with Gasteiger partial charge in [0.05, 0.1) is 0 Å². The van der Waals surface area contributed by atoms with E-state index in [-0.39, 0.29) is 12.3 Å². The van der Waals surface area contributed by atoms with Gasteiger partial charge < -0.3 is 15.2 Å². The number of carboxylic acid groups (broad SMARTS) is 1. The molecule has 0 heterocycles. The lowest BCUT2D eigenvalue weighted by atomic mass is 9.95. The number of benzene rings is 2. The number of aliphatic carboxylic acids is 1. The van der Waals surface area contributed by atoms with Crippen LogP contribution >= 0.6 is 11.6 Å². The van der Waals surface area contributed by atoms with Crippen LogP contribution in [0.4, 0.5) is 5.69 Å². The summed E-state index contributed by atoms with van der Waals surface area (Å²) in [5.74, 6) is -2.29. The first-order chi connectivity index (χ1) is 10.5. The van der Waals surface area contributed by atoms with Gasteiger partial charge in [0.1, 0.15) is 0 Å². The summed E-state index contributed by atoms with van der Waals surface area (Å²) in [5, 5.41) is 14.2. The Morgan fingerprint density at radius 3 is 2.27 bits per heavy atom. The lowest BCUT2D eigenvalue weighted by molar-refractivity contribution is -0.306. The van der Waals surface area contributed by atoms with Crippen molar-refractivity contribution in [3.05, 3.63) is 65.2 Å². The van der Waals surface area contributed by atoms with Crippen LogP contribution in [-0.4, -0.2) is 11.9 Å². The third-order valence-electron chi connectivity index (χ3n) is 3.22. The van der Waals surface area contributed by atoms with Gasteiger partial charge in [0.25, 0.3) is 0 Å². The van der Waals surface area contributed by atoms with Gasteiger partial charge in [0, 0.05) is 22.6 Å². The highest BCUT2D eigenvalue weighted by Gasteiger charge is 2.19. The van der Waals surface area contributed by atoms with Crippen molar-refractivity contribution in [2.24, 2.45) is 5.92 Å². The summed E-state index contributed by atoms with van der Waals surface area (Å²) < 4.78 is 0. The molecule has 0 aliphatic heterocycles. The second kappa shape index (κ2) is 7.61. The minimum atomic E-state index is -1.25. The van der Waals surface area contributed by atoms with Crippen molar-refractivity contribution < 1.29 is 14.7 Å². The summed E-state index contributed by atoms with van der Waals surface area (Å²) in [4.78, 5) is 23.2. The molecule has 5 heteroatoms. The molecule has 0 aromatic heterocycles. The van der Waals surface area contributed by atoms with Crippen molar-refractivity contribution in [3.63, 3.8) is 0 Å². The van der Waals surface area contributed by atoms with Gasteiger partial charge >= 0.3 is 0 Å². The number of halogens is 1. The molecule has 22 heavy (non-hydrogen) atoms. The molecule has 1 N–H and O–H groups in total. The zero-order chi connectivity index (χ0) is 15.9. The molecule has 2 aromatic carbocycles. The highest BCUT2D eigenvalue weighted by Crippen LogP contribution is 2.17. The van der Waals surface area contributed by atoms with E-state index in [1.807, 2.05) is 6.07 Å². The Morgan fingerprint density at radius 1 is 1.05 bits per heavy atom. The fraction of sp³-hybridized carbons (Fsp3) is 0.176. The Morgan fingerprint density at radius 2 is 1.68 bits per heavy atom. The fourth-order valence-corrected chi connectivity index (χ4v) is 2.26. The molecular weight excluding hydrogens is 302 g/mol. The molecule has 0 bridgehead atoms. The Balaban J connectivity index is 2.09. The molecule has 0 aliphatic carbocycles. The summed E-state index contributed by atoms with van der Waals surface area (Å²) in [6.45, 7) is 0. The van der Waals surface area contributed by atoms with Crippen LogP contribution in [0.3, 0.4) is 0 Å². The molecule has 1 atom stereocenters. The van der Waals surface area contributed by atoms with Gasteiger partial charge in [-0.2, -0.15) is 0 Å². The lowest BCUT2D eigenvalue weighted by Crippen LogP contribution is -2.32. The molecule has 0 fully saturated rings. The number of rotatable bonds is 6. The second-order valence-corrected chi connectivity index (χ2v) is 5.40. The smallest absolute Gasteiger partial charge is 0.228 e. The molecule has 0 radical (unpaired) electrons. The van der Waals surface area contributed by atoms with Crippen LogP contribution in [0.25, 0.3) is 0 Å². The molecule has 0 saturated carbocycles. The molecule has 2 rings (SSSR count). The quantitative estimate of drug-likeness (QED) is 0.889. The predicted octanol–water partition coefficient (Wildman–Crippen LogP) is 2.28. The molecule has 1 amide bonds. The van der Waals surface area contributed by atoms with Crippen molar-refractivity contribution in [1.29, 1.82) is 0 Å². The molecule has 1 unspecified atom stereocenters. The summed E-state index contributed by atoms with van der Waals surface area (Å²) in [6, 6.07) is 15.9. The van der Waals surface area contributed by atoms with Gasteiger partial charge in [-0.05, 0) is 42.7 Å². The van der Waals surface area contributed by atoms with Crippen molar-refractivity contribution in [1.82, 2.24) is 0 Å². The van der Waals surface area contributed by atoms with E-state index in [4.69, 9.17) is 11.6 Å². The van der Waals surface area contributed by atoms with E-state index in [1.165, 1.54) is 0 Å². The number of carbonyl (C=O) groups excluding carboxylic acids is 2. The SMILES string of the molecule is O=C([O-])CC(Cc1ccc(Cl)cc1)C(=O)Nc1ccccc1. The minimum absolute atomic E-state index is 0.309. The Labute approximate surface area is 133 Å². The van der Waals surface area contributed by atoms with Gasteiger partial charge in [0.15, 0.2) is 0 Å². The maximum atomic E-state index is 12.3. The largest absolute Gasteiger partial charge is 0.550 e. The first kappa shape index (κ1) is 16.0. The lowest BCUT2D eigenvalue weighted by Gasteiger charge is -2.17. The Kier molecular flexibility index (Phi) is 5.55. The number of carbonyl (C=O) groups is 2. The zero-order valence-corrected chi connectivity index (χ0v) is 12.5. The number of hydrogen-bond donors (Lipinski definition) is 1. The highest BCUT2D eigenvalue weighted by atomic mass is 35.5. The van der Waals surface area contributed by atoms with Crippen LogP contribution in [-0.2, 0) is 16.0 Å². The molecule has 114 valence electrons. The monoisotopic (exact) mass is 316 g/mol. The normalized spacial score (nSPS) is 11.7. The Bertz CT molecular complexity index is 641. The number of anilines is 1. The van der Waals surface area contributed by atoms with Crippen molar-refractivity contribution >= 4 is 29.2 Å². The highest BCUT2D eigenvalue weighted by molar-refractivity contribution is 6.30. The van der Waals surface area contributed by atoms with Crippen LogP contribution in [0.1, 0.15) is 12.0 Å². The van der Waals surface area contributed by atoms with E-state index in [1.54, 1.807) is 48.5 Å². The maximum absolute atomic E-state index is 12.3. The second-order valence-electron chi connectivity index (χ2n) is 4.96. The van der Waals surface area contributed by atoms with E-state index in [0.717, 1.165) is 5.56 Å². The molecule has 0 spiro atoms. The number of amides is 1. The average molecular weight is 317 g/mol. The fourth-order valence-electron chi connectivity index (χ4n) is 2.13. The van der Waals surface area contributed by atoms with E-state index in [9.17, 15) is 14.7 Å². The van der Waals surface area contributed by atoms with Crippen LogP contribution in [0.15, 0.2) is 54.6 Å². The third-order valence-corrected chi connectivity index (χ3v) is 3.47. The number of carboxylic acids is 1. The van der Waals surface area contributed by atoms with Crippen LogP contribution in [0.2, 0.25) is 5.02 Å². The van der Waals surface area contributed by atoms with Gasteiger partial charge in [-0.1, -0.05) is 41.9 Å². The summed E-state index contributed by atoms with van der Waals surface area (Å²) in [7, 11) is 0. The molecule has 2 aromatic rings. The van der Waals surface area contributed by atoms with E-state index >= 15 is 0 Å². The first-order valence-corrected chi connectivity index (χ1v) is 7.22. The summed E-state index contributed by atoms with van der Waals surface area (Å²) in [6.07, 6.45) is -0.0227. The van der Waals surface area contributed by atoms with Crippen LogP contribution < -0.4 is 10.4 Å². The van der Waals surface area contributed by atoms with Crippen LogP contribution in [0, 0.1) is 5.92 Å². The maximum Gasteiger partial charge on any atom is 0.228 e. The average Bonchev–Trinajstić information content (AvgIpc) is 2.49.